The first-order valence-corrected chi connectivity index (χ1v) is 5.01. The van der Waals surface area contributed by atoms with Crippen LogP contribution >= 0.6 is 11.6 Å². The first kappa shape index (κ1) is 10.6. The molecule has 0 saturated heterocycles. The van der Waals surface area contributed by atoms with Gasteiger partial charge in [-0.15, -0.1) is 0 Å². The smallest absolute Gasteiger partial charge is 0.235 e. The molecule has 4 nitrogen and oxygen atoms in total. The summed E-state index contributed by atoms with van der Waals surface area (Å²) in [5.41, 5.74) is 1.66. The molecule has 0 aliphatic rings. The number of hydrogen-bond donors (Lipinski definition) is 0. The zero-order valence-corrected chi connectivity index (χ0v) is 9.05. The molecule has 0 atom stereocenters. The van der Waals surface area contributed by atoms with E-state index in [4.69, 9.17) is 11.6 Å². The maximum atomic E-state index is 9.98. The van der Waals surface area contributed by atoms with Crippen molar-refractivity contribution in [3.05, 3.63) is 47.2 Å². The molecule has 2 rings (SSSR count). The number of rotatable bonds is 3. The second-order valence-corrected chi connectivity index (χ2v) is 3.55. The molecular formula is C11H8ClN3O. The number of nitrogens with zero attached hydrogens (tertiary/aromatic N) is 3. The van der Waals surface area contributed by atoms with Gasteiger partial charge in [-0.25, -0.2) is 14.5 Å². The van der Waals surface area contributed by atoms with Crippen LogP contribution in [0.1, 0.15) is 5.56 Å². The molecule has 1 heterocycles. The fourth-order valence-corrected chi connectivity index (χ4v) is 1.66. The third-order valence-corrected chi connectivity index (χ3v) is 2.39. The summed E-state index contributed by atoms with van der Waals surface area (Å²) in [5.74, 6) is 0. The number of halogens is 1. The van der Waals surface area contributed by atoms with E-state index in [-0.39, 0.29) is 0 Å². The Labute approximate surface area is 97.2 Å². The van der Waals surface area contributed by atoms with Gasteiger partial charge in [0.2, 0.25) is 6.08 Å². The lowest BCUT2D eigenvalue weighted by Gasteiger charge is -2.05. The zero-order chi connectivity index (χ0) is 11.4. The number of aromatic nitrogens is 2. The van der Waals surface area contributed by atoms with Crippen LogP contribution in [-0.4, -0.2) is 15.9 Å². The Kier molecular flexibility index (Phi) is 3.15. The molecule has 1 aromatic carbocycles. The summed E-state index contributed by atoms with van der Waals surface area (Å²) in [7, 11) is 0. The maximum Gasteiger partial charge on any atom is 0.235 e. The monoisotopic (exact) mass is 233 g/mol. The van der Waals surface area contributed by atoms with Crippen LogP contribution in [0, 0.1) is 0 Å². The summed E-state index contributed by atoms with van der Waals surface area (Å²) in [5, 5.41) is 4.66. The zero-order valence-electron chi connectivity index (χ0n) is 8.30. The fourth-order valence-electron chi connectivity index (χ4n) is 1.37. The molecule has 0 spiro atoms. The van der Waals surface area contributed by atoms with E-state index >= 15 is 0 Å². The quantitative estimate of drug-likeness (QED) is 0.604. The molecule has 0 bridgehead atoms. The normalized spacial score (nSPS) is 9.81. The first-order valence-electron chi connectivity index (χ1n) is 4.63. The molecule has 5 heteroatoms. The van der Waals surface area contributed by atoms with Crippen LogP contribution in [0.5, 0.6) is 0 Å². The number of isocyanates is 1. The summed E-state index contributed by atoms with van der Waals surface area (Å²) in [6, 6.07) is 7.27. The lowest BCUT2D eigenvalue weighted by Crippen LogP contribution is -1.95. The summed E-state index contributed by atoms with van der Waals surface area (Å²) in [6.45, 7) is 0.294. The predicted molar refractivity (Wildman–Crippen MR) is 60.4 cm³/mol. The second kappa shape index (κ2) is 4.75. The third-order valence-electron chi connectivity index (χ3n) is 2.09. The highest BCUT2D eigenvalue weighted by Crippen LogP contribution is 2.21. The van der Waals surface area contributed by atoms with Crippen molar-refractivity contribution in [3.63, 3.8) is 0 Å². The van der Waals surface area contributed by atoms with Crippen LogP contribution in [0.15, 0.2) is 41.7 Å². The van der Waals surface area contributed by atoms with Gasteiger partial charge in [0.25, 0.3) is 0 Å². The predicted octanol–water partition coefficient (Wildman–Crippen LogP) is 2.36. The van der Waals surface area contributed by atoms with E-state index < -0.39 is 0 Å². The molecule has 0 radical (unpaired) electrons. The molecule has 0 N–H and O–H groups in total. The number of carbonyl (C=O) groups excluding carboxylic acids is 1. The van der Waals surface area contributed by atoms with Crippen LogP contribution in [0.2, 0.25) is 5.02 Å². The Hall–Kier alpha value is -1.90. The number of hydrogen-bond acceptors (Lipinski definition) is 3. The van der Waals surface area contributed by atoms with Crippen molar-refractivity contribution >= 4 is 17.7 Å². The van der Waals surface area contributed by atoms with Gasteiger partial charge in [-0.3, -0.25) is 0 Å². The Balaban J connectivity index is 2.33. The molecular weight excluding hydrogens is 226 g/mol. The van der Waals surface area contributed by atoms with E-state index in [1.165, 1.54) is 6.08 Å². The second-order valence-electron chi connectivity index (χ2n) is 3.14. The average molecular weight is 234 g/mol. The lowest BCUT2D eigenvalue weighted by molar-refractivity contribution is 0.563. The highest BCUT2D eigenvalue weighted by atomic mass is 35.5. The molecule has 0 fully saturated rings. The molecule has 0 aliphatic heterocycles. The van der Waals surface area contributed by atoms with E-state index in [1.54, 1.807) is 16.9 Å². The third kappa shape index (κ3) is 2.19. The van der Waals surface area contributed by atoms with E-state index in [0.717, 1.165) is 11.3 Å². The lowest BCUT2D eigenvalue weighted by atomic mass is 10.2. The molecule has 0 saturated carbocycles. The van der Waals surface area contributed by atoms with E-state index in [1.807, 2.05) is 24.4 Å². The summed E-state index contributed by atoms with van der Waals surface area (Å²) in [6.07, 6.45) is 4.98. The van der Waals surface area contributed by atoms with Gasteiger partial charge in [0.15, 0.2) is 0 Å². The number of benzene rings is 1. The van der Waals surface area contributed by atoms with E-state index in [2.05, 4.69) is 10.1 Å². The Morgan fingerprint density at radius 1 is 1.50 bits per heavy atom. The molecule has 16 heavy (non-hydrogen) atoms. The van der Waals surface area contributed by atoms with Crippen LogP contribution in [0.3, 0.4) is 0 Å². The van der Waals surface area contributed by atoms with E-state index in [0.29, 0.717) is 11.6 Å². The van der Waals surface area contributed by atoms with Crippen LogP contribution < -0.4 is 0 Å². The minimum atomic E-state index is 0.294. The van der Waals surface area contributed by atoms with Crippen LogP contribution in [-0.2, 0) is 11.3 Å². The number of aliphatic imine (C=N–C) groups is 1. The molecule has 80 valence electrons. The van der Waals surface area contributed by atoms with Crippen molar-refractivity contribution in [1.29, 1.82) is 0 Å². The van der Waals surface area contributed by atoms with Crippen LogP contribution in [0.25, 0.3) is 5.69 Å². The molecule has 0 aliphatic carbocycles. The van der Waals surface area contributed by atoms with Crippen molar-refractivity contribution < 1.29 is 4.79 Å². The Bertz CT molecular complexity index is 530. The fraction of sp³-hybridized carbons (Fsp3) is 0.0909. The van der Waals surface area contributed by atoms with Gasteiger partial charge >= 0.3 is 0 Å². The molecule has 0 unspecified atom stereocenters. The van der Waals surface area contributed by atoms with Crippen molar-refractivity contribution in [2.45, 2.75) is 6.54 Å². The van der Waals surface area contributed by atoms with Gasteiger partial charge < -0.3 is 0 Å². The Morgan fingerprint density at radius 2 is 2.38 bits per heavy atom. The first-order chi connectivity index (χ1) is 7.81. The maximum absolute atomic E-state index is 9.98. The SMILES string of the molecule is O=C=NCc1ccc(-n2cccn2)c(Cl)c1. The minimum Gasteiger partial charge on any atom is -0.239 e. The highest BCUT2D eigenvalue weighted by molar-refractivity contribution is 6.32. The Morgan fingerprint density at radius 3 is 3.00 bits per heavy atom. The highest BCUT2D eigenvalue weighted by Gasteiger charge is 2.03. The topological polar surface area (TPSA) is 47.2 Å². The summed E-state index contributed by atoms with van der Waals surface area (Å²) >= 11 is 6.10. The van der Waals surface area contributed by atoms with Crippen LogP contribution in [0.4, 0.5) is 0 Å². The molecule has 0 amide bonds. The van der Waals surface area contributed by atoms with Crippen molar-refractivity contribution in [2.75, 3.05) is 0 Å². The standard InChI is InChI=1S/C11H8ClN3O/c12-10-6-9(7-13-8-16)2-3-11(10)15-5-1-4-14-15/h1-6H,7H2. The van der Waals surface area contributed by atoms with Gasteiger partial charge in [0.05, 0.1) is 17.3 Å². The van der Waals surface area contributed by atoms with E-state index in [9.17, 15) is 4.79 Å². The molecule has 1 aromatic heterocycles. The van der Waals surface area contributed by atoms with Gasteiger partial charge in [-0.05, 0) is 23.8 Å². The average Bonchev–Trinajstić information content (AvgIpc) is 2.80. The van der Waals surface area contributed by atoms with Gasteiger partial charge in [-0.2, -0.15) is 5.10 Å². The summed E-state index contributed by atoms with van der Waals surface area (Å²) in [4.78, 5) is 13.5. The molecule has 2 aromatic rings. The van der Waals surface area contributed by atoms with Crippen molar-refractivity contribution in [1.82, 2.24) is 9.78 Å². The van der Waals surface area contributed by atoms with Gasteiger partial charge in [0, 0.05) is 12.4 Å². The minimum absolute atomic E-state index is 0.294. The van der Waals surface area contributed by atoms with Crippen molar-refractivity contribution in [3.8, 4) is 5.69 Å². The summed E-state index contributed by atoms with van der Waals surface area (Å²) < 4.78 is 1.68. The van der Waals surface area contributed by atoms with Gasteiger partial charge in [-0.1, -0.05) is 17.7 Å². The van der Waals surface area contributed by atoms with Crippen molar-refractivity contribution in [2.24, 2.45) is 4.99 Å². The largest absolute Gasteiger partial charge is 0.239 e. The van der Waals surface area contributed by atoms with Gasteiger partial charge in [0.1, 0.15) is 0 Å².